The van der Waals surface area contributed by atoms with Gasteiger partial charge in [0.2, 0.25) is 5.91 Å². The molecule has 1 aliphatic carbocycles. The Labute approximate surface area is 91.2 Å². The minimum absolute atomic E-state index is 0.254. The summed E-state index contributed by atoms with van der Waals surface area (Å²) in [5, 5.41) is 3.37. The Morgan fingerprint density at radius 3 is 2.73 bits per heavy atom. The van der Waals surface area contributed by atoms with Gasteiger partial charge in [0.1, 0.15) is 0 Å². The van der Waals surface area contributed by atoms with Gasteiger partial charge in [-0.3, -0.25) is 4.79 Å². The fourth-order valence-electron chi connectivity index (χ4n) is 3.60. The number of carbonyl (C=O) groups is 1. The van der Waals surface area contributed by atoms with E-state index in [2.05, 4.69) is 17.1 Å². The zero-order valence-corrected chi connectivity index (χ0v) is 9.41. The van der Waals surface area contributed by atoms with Gasteiger partial charge in [0.25, 0.3) is 0 Å². The summed E-state index contributed by atoms with van der Waals surface area (Å²) in [7, 11) is 0. The molecule has 2 saturated heterocycles. The van der Waals surface area contributed by atoms with Crippen LogP contribution in [0.1, 0.15) is 32.6 Å². The lowest BCUT2D eigenvalue weighted by atomic mass is 9.99. The lowest BCUT2D eigenvalue weighted by Gasteiger charge is -2.30. The third kappa shape index (κ3) is 1.48. The maximum absolute atomic E-state index is 12.3. The van der Waals surface area contributed by atoms with Crippen LogP contribution in [0.25, 0.3) is 0 Å². The molecule has 3 aliphatic rings. The van der Waals surface area contributed by atoms with Crippen LogP contribution in [0, 0.1) is 11.8 Å². The predicted octanol–water partition coefficient (Wildman–Crippen LogP) is 0.995. The molecule has 2 aliphatic heterocycles. The molecule has 2 heterocycles. The maximum atomic E-state index is 12.3. The molecule has 0 spiro atoms. The molecular formula is C12H20N2O. The second kappa shape index (κ2) is 3.48. The summed E-state index contributed by atoms with van der Waals surface area (Å²) in [5.74, 6) is 1.51. The second-order valence-electron chi connectivity index (χ2n) is 5.46. The van der Waals surface area contributed by atoms with Crippen LogP contribution in [0.2, 0.25) is 0 Å². The van der Waals surface area contributed by atoms with Crippen molar-refractivity contribution in [3.63, 3.8) is 0 Å². The highest BCUT2D eigenvalue weighted by Crippen LogP contribution is 2.38. The van der Waals surface area contributed by atoms with Crippen molar-refractivity contribution in [3.05, 3.63) is 0 Å². The van der Waals surface area contributed by atoms with Gasteiger partial charge in [0, 0.05) is 18.6 Å². The number of carbonyl (C=O) groups excluding carboxylic acids is 1. The molecular weight excluding hydrogens is 188 g/mol. The van der Waals surface area contributed by atoms with Crippen molar-refractivity contribution in [2.45, 2.75) is 44.7 Å². The second-order valence-corrected chi connectivity index (χ2v) is 5.46. The summed E-state index contributed by atoms with van der Waals surface area (Å²) in [6.07, 6.45) is 4.92. The average molecular weight is 208 g/mol. The van der Waals surface area contributed by atoms with Gasteiger partial charge in [-0.25, -0.2) is 0 Å². The molecule has 3 nitrogen and oxygen atoms in total. The fourth-order valence-corrected chi connectivity index (χ4v) is 3.60. The number of likely N-dealkylation sites (tertiary alicyclic amines) is 1. The molecule has 1 amide bonds. The first-order chi connectivity index (χ1) is 7.25. The standard InChI is InChI=1S/C12H20N2O/c1-8-11(4-5-13-8)12(15)14-7-9-2-3-10(14)6-9/h8-11,13H,2-7H2,1H3. The van der Waals surface area contributed by atoms with Gasteiger partial charge in [-0.05, 0) is 45.1 Å². The third-order valence-corrected chi connectivity index (χ3v) is 4.53. The van der Waals surface area contributed by atoms with E-state index in [1.807, 2.05) is 0 Å². The number of nitrogens with one attached hydrogen (secondary N) is 1. The van der Waals surface area contributed by atoms with Crippen LogP contribution in [-0.2, 0) is 4.79 Å². The molecule has 3 fully saturated rings. The molecule has 1 N–H and O–H groups in total. The molecule has 4 atom stereocenters. The Kier molecular flexibility index (Phi) is 2.23. The van der Waals surface area contributed by atoms with Crippen molar-refractivity contribution >= 4 is 5.91 Å². The van der Waals surface area contributed by atoms with Crippen molar-refractivity contribution in [2.24, 2.45) is 11.8 Å². The Morgan fingerprint density at radius 2 is 2.20 bits per heavy atom. The number of hydrogen-bond donors (Lipinski definition) is 1. The normalized spacial score (nSPS) is 43.9. The zero-order chi connectivity index (χ0) is 10.4. The largest absolute Gasteiger partial charge is 0.339 e. The lowest BCUT2D eigenvalue weighted by molar-refractivity contribution is -0.137. The van der Waals surface area contributed by atoms with Crippen molar-refractivity contribution < 1.29 is 4.79 Å². The number of amides is 1. The SMILES string of the molecule is CC1NCCC1C(=O)N1CC2CCC1C2. The first kappa shape index (κ1) is 9.64. The molecule has 3 rings (SSSR count). The van der Waals surface area contributed by atoms with E-state index in [0.29, 0.717) is 18.0 Å². The van der Waals surface area contributed by atoms with E-state index in [4.69, 9.17) is 0 Å². The van der Waals surface area contributed by atoms with Gasteiger partial charge >= 0.3 is 0 Å². The third-order valence-electron chi connectivity index (χ3n) is 4.53. The minimum atomic E-state index is 0.254. The highest BCUT2D eigenvalue weighted by molar-refractivity contribution is 5.80. The molecule has 0 aromatic heterocycles. The maximum Gasteiger partial charge on any atom is 0.227 e. The molecule has 84 valence electrons. The highest BCUT2D eigenvalue weighted by atomic mass is 16.2. The quantitative estimate of drug-likeness (QED) is 0.697. The minimum Gasteiger partial charge on any atom is -0.339 e. The number of piperidine rings is 1. The van der Waals surface area contributed by atoms with Gasteiger partial charge in [0.05, 0.1) is 5.92 Å². The summed E-state index contributed by atoms with van der Waals surface area (Å²) >= 11 is 0. The van der Waals surface area contributed by atoms with E-state index in [1.165, 1.54) is 19.3 Å². The van der Waals surface area contributed by atoms with Crippen molar-refractivity contribution in [2.75, 3.05) is 13.1 Å². The predicted molar refractivity (Wildman–Crippen MR) is 58.4 cm³/mol. The van der Waals surface area contributed by atoms with Crippen molar-refractivity contribution in [1.29, 1.82) is 0 Å². The fraction of sp³-hybridized carbons (Fsp3) is 0.917. The van der Waals surface area contributed by atoms with E-state index >= 15 is 0 Å². The Bertz CT molecular complexity index is 279. The first-order valence-corrected chi connectivity index (χ1v) is 6.29. The van der Waals surface area contributed by atoms with Crippen molar-refractivity contribution in [3.8, 4) is 0 Å². The molecule has 0 aromatic rings. The molecule has 1 saturated carbocycles. The van der Waals surface area contributed by atoms with Gasteiger partial charge in [0.15, 0.2) is 0 Å². The van der Waals surface area contributed by atoms with Crippen LogP contribution in [0.15, 0.2) is 0 Å². The van der Waals surface area contributed by atoms with Crippen LogP contribution in [-0.4, -0.2) is 36.0 Å². The molecule has 2 bridgehead atoms. The monoisotopic (exact) mass is 208 g/mol. The van der Waals surface area contributed by atoms with Crippen LogP contribution >= 0.6 is 0 Å². The van der Waals surface area contributed by atoms with E-state index < -0.39 is 0 Å². The Morgan fingerprint density at radius 1 is 1.33 bits per heavy atom. The van der Waals surface area contributed by atoms with Crippen molar-refractivity contribution in [1.82, 2.24) is 10.2 Å². The summed E-state index contributed by atoms with van der Waals surface area (Å²) in [4.78, 5) is 14.5. The summed E-state index contributed by atoms with van der Waals surface area (Å²) < 4.78 is 0. The number of hydrogen-bond acceptors (Lipinski definition) is 2. The molecule has 0 radical (unpaired) electrons. The summed E-state index contributed by atoms with van der Waals surface area (Å²) in [6, 6.07) is 0.979. The number of nitrogens with zero attached hydrogens (tertiary/aromatic N) is 1. The van der Waals surface area contributed by atoms with Gasteiger partial charge in [-0.15, -0.1) is 0 Å². The van der Waals surface area contributed by atoms with E-state index in [-0.39, 0.29) is 5.92 Å². The zero-order valence-electron chi connectivity index (χ0n) is 9.41. The van der Waals surface area contributed by atoms with Gasteiger partial charge < -0.3 is 10.2 Å². The van der Waals surface area contributed by atoms with E-state index in [9.17, 15) is 4.79 Å². The smallest absolute Gasteiger partial charge is 0.227 e. The average Bonchev–Trinajstić information content (AvgIpc) is 2.91. The van der Waals surface area contributed by atoms with Gasteiger partial charge in [-0.2, -0.15) is 0 Å². The Balaban J connectivity index is 1.69. The molecule has 4 unspecified atom stereocenters. The van der Waals surface area contributed by atoms with E-state index in [1.54, 1.807) is 0 Å². The van der Waals surface area contributed by atoms with Crippen LogP contribution < -0.4 is 5.32 Å². The lowest BCUT2D eigenvalue weighted by Crippen LogP contribution is -2.44. The van der Waals surface area contributed by atoms with E-state index in [0.717, 1.165) is 25.4 Å². The summed E-state index contributed by atoms with van der Waals surface area (Å²) in [6.45, 7) is 4.20. The molecule has 15 heavy (non-hydrogen) atoms. The van der Waals surface area contributed by atoms with Gasteiger partial charge in [-0.1, -0.05) is 0 Å². The highest BCUT2D eigenvalue weighted by Gasteiger charge is 2.43. The number of fused-ring (bicyclic) bond motifs is 2. The van der Waals surface area contributed by atoms with Crippen LogP contribution in [0.4, 0.5) is 0 Å². The topological polar surface area (TPSA) is 32.3 Å². The first-order valence-electron chi connectivity index (χ1n) is 6.29. The summed E-state index contributed by atoms with van der Waals surface area (Å²) in [5.41, 5.74) is 0. The molecule has 0 aromatic carbocycles. The molecule has 3 heteroatoms. The Hall–Kier alpha value is -0.570. The van der Waals surface area contributed by atoms with Crippen LogP contribution in [0.5, 0.6) is 0 Å². The van der Waals surface area contributed by atoms with Crippen LogP contribution in [0.3, 0.4) is 0 Å². The number of rotatable bonds is 1.